The minimum atomic E-state index is -0.743. The molecule has 0 heterocycles. The number of benzene rings is 5. The molecule has 5 rings (SSSR count). The maximum Gasteiger partial charge on any atom is 0.212 e. The van der Waals surface area contributed by atoms with Crippen molar-refractivity contribution < 1.29 is 75.1 Å². The molecule has 0 aliphatic rings. The zero-order chi connectivity index (χ0) is 32.6. The fourth-order valence-corrected chi connectivity index (χ4v) is 4.01. The summed E-state index contributed by atoms with van der Waals surface area (Å²) in [7, 11) is 0. The Morgan fingerprint density at radius 3 is 0.978 bits per heavy atom. The second-order valence-electron chi connectivity index (χ2n) is 9.28. The summed E-state index contributed by atoms with van der Waals surface area (Å²) in [5.41, 5.74) is 0. The summed E-state index contributed by atoms with van der Waals surface area (Å²) in [5, 5.41) is 111. The van der Waals surface area contributed by atoms with E-state index in [0.717, 1.165) is 66.7 Å². The average Bonchev–Trinajstić information content (AvgIpc) is 2.91. The van der Waals surface area contributed by atoms with Crippen molar-refractivity contribution >= 4 is 0 Å². The summed E-state index contributed by atoms with van der Waals surface area (Å²) >= 11 is 0. The topological polar surface area (TPSA) is 259 Å². The minimum Gasteiger partial charge on any atom is -0.508 e. The molecule has 5 aromatic carbocycles. The Labute approximate surface area is 251 Å². The zero-order valence-corrected chi connectivity index (χ0v) is 22.4. The van der Waals surface area contributed by atoms with Crippen LogP contribution in [0.1, 0.15) is 0 Å². The van der Waals surface area contributed by atoms with Gasteiger partial charge in [0.2, 0.25) is 23.0 Å². The monoisotopic (exact) mass is 622 g/mol. The van der Waals surface area contributed by atoms with Crippen molar-refractivity contribution in [2.24, 2.45) is 0 Å². The first-order valence-electron chi connectivity index (χ1n) is 12.4. The largest absolute Gasteiger partial charge is 0.508 e. The van der Waals surface area contributed by atoms with Gasteiger partial charge in [-0.25, -0.2) is 0 Å². The molecule has 0 spiro atoms. The molecule has 0 bridgehead atoms. The van der Waals surface area contributed by atoms with Crippen LogP contribution in [0.15, 0.2) is 66.7 Å². The standard InChI is InChI=1S/C30H22O15/c31-12-1-13(32)3-17(2-12)42-27-23(40)10-18(11-24(27)41)43-30-25(44-28-19(36)4-14(33)5-20(28)37)8-16(35)9-26(30)45-29-21(38)6-15(34)7-22(29)39/h1-11,31-41H. The van der Waals surface area contributed by atoms with E-state index in [0.29, 0.717) is 0 Å². The molecular weight excluding hydrogens is 600 g/mol. The molecule has 0 aliphatic carbocycles. The Bertz CT molecular complexity index is 1770. The number of aromatic hydroxyl groups is 11. The Hall–Kier alpha value is -6.90. The second-order valence-corrected chi connectivity index (χ2v) is 9.28. The summed E-state index contributed by atoms with van der Waals surface area (Å²) < 4.78 is 22.4. The first-order valence-corrected chi connectivity index (χ1v) is 12.4. The molecule has 0 amide bonds. The van der Waals surface area contributed by atoms with E-state index in [2.05, 4.69) is 0 Å². The molecule has 0 radical (unpaired) electrons. The molecule has 0 aromatic heterocycles. The lowest BCUT2D eigenvalue weighted by molar-refractivity contribution is 0.333. The molecule has 0 fully saturated rings. The molecule has 0 saturated heterocycles. The average molecular weight is 622 g/mol. The van der Waals surface area contributed by atoms with Crippen molar-refractivity contribution in [1.82, 2.24) is 0 Å². The van der Waals surface area contributed by atoms with Crippen LogP contribution in [0.2, 0.25) is 0 Å². The summed E-state index contributed by atoms with van der Waals surface area (Å²) in [6, 6.07) is 10.3. The molecule has 0 aliphatic heterocycles. The fraction of sp³-hybridized carbons (Fsp3) is 0. The molecule has 45 heavy (non-hydrogen) atoms. The first-order chi connectivity index (χ1) is 21.3. The highest BCUT2D eigenvalue weighted by Crippen LogP contribution is 2.53. The Balaban J connectivity index is 1.60. The third-order valence-corrected chi connectivity index (χ3v) is 5.84. The van der Waals surface area contributed by atoms with Gasteiger partial charge in [0.05, 0.1) is 0 Å². The maximum atomic E-state index is 10.6. The number of rotatable bonds is 8. The lowest BCUT2D eigenvalue weighted by Gasteiger charge is -2.19. The van der Waals surface area contributed by atoms with Gasteiger partial charge in [-0.2, -0.15) is 0 Å². The van der Waals surface area contributed by atoms with Crippen molar-refractivity contribution in [3.05, 3.63) is 66.7 Å². The summed E-state index contributed by atoms with van der Waals surface area (Å²) in [6.07, 6.45) is 0. The summed E-state index contributed by atoms with van der Waals surface area (Å²) in [4.78, 5) is 0. The van der Waals surface area contributed by atoms with Crippen LogP contribution < -0.4 is 18.9 Å². The van der Waals surface area contributed by atoms with Crippen LogP contribution in [0.4, 0.5) is 0 Å². The van der Waals surface area contributed by atoms with Crippen molar-refractivity contribution in [2.45, 2.75) is 0 Å². The van der Waals surface area contributed by atoms with E-state index < -0.39 is 86.2 Å². The third-order valence-electron chi connectivity index (χ3n) is 5.84. The molecule has 0 unspecified atom stereocenters. The SMILES string of the molecule is Oc1cc(O)cc(Oc2c(O)cc(Oc3c(Oc4c(O)cc(O)cc4O)cc(O)cc3Oc3c(O)cc(O)cc3O)cc2O)c1. The Morgan fingerprint density at radius 2 is 0.556 bits per heavy atom. The highest BCUT2D eigenvalue weighted by molar-refractivity contribution is 5.65. The van der Waals surface area contributed by atoms with Gasteiger partial charge in [0.15, 0.2) is 46.0 Å². The van der Waals surface area contributed by atoms with Crippen molar-refractivity contribution in [3.8, 4) is 109 Å². The number of hydrogen-bond acceptors (Lipinski definition) is 15. The van der Waals surface area contributed by atoms with E-state index in [-0.39, 0.29) is 23.0 Å². The Morgan fingerprint density at radius 1 is 0.267 bits per heavy atom. The molecule has 232 valence electrons. The first kappa shape index (κ1) is 29.6. The van der Waals surface area contributed by atoms with Crippen LogP contribution >= 0.6 is 0 Å². The van der Waals surface area contributed by atoms with E-state index in [4.69, 9.17) is 18.9 Å². The van der Waals surface area contributed by atoms with Crippen LogP contribution in [0.3, 0.4) is 0 Å². The van der Waals surface area contributed by atoms with Crippen LogP contribution in [0, 0.1) is 0 Å². The van der Waals surface area contributed by atoms with E-state index in [1.54, 1.807) is 0 Å². The Kier molecular flexibility index (Phi) is 7.50. The molecule has 11 N–H and O–H groups in total. The van der Waals surface area contributed by atoms with Crippen LogP contribution in [0.25, 0.3) is 0 Å². The number of hydrogen-bond donors (Lipinski definition) is 11. The predicted molar refractivity (Wildman–Crippen MR) is 151 cm³/mol. The third kappa shape index (κ3) is 6.31. The van der Waals surface area contributed by atoms with Gasteiger partial charge in [-0.05, 0) is 0 Å². The predicted octanol–water partition coefficient (Wildman–Crippen LogP) is 5.62. The summed E-state index contributed by atoms with van der Waals surface area (Å²) in [6.45, 7) is 0. The lowest BCUT2D eigenvalue weighted by Crippen LogP contribution is -1.96. The van der Waals surface area contributed by atoms with Gasteiger partial charge in [0.1, 0.15) is 40.2 Å². The van der Waals surface area contributed by atoms with Crippen molar-refractivity contribution in [1.29, 1.82) is 0 Å². The minimum absolute atomic E-state index is 0.154. The molecular formula is C30H22O15. The normalized spacial score (nSPS) is 10.8. The van der Waals surface area contributed by atoms with Crippen molar-refractivity contribution in [2.75, 3.05) is 0 Å². The van der Waals surface area contributed by atoms with Crippen LogP contribution in [0.5, 0.6) is 109 Å². The smallest absolute Gasteiger partial charge is 0.212 e. The molecule has 15 heteroatoms. The highest BCUT2D eigenvalue weighted by Gasteiger charge is 2.24. The van der Waals surface area contributed by atoms with E-state index in [1.807, 2.05) is 0 Å². The second kappa shape index (κ2) is 11.4. The number of phenolic OH excluding ortho intramolecular Hbond substituents is 11. The van der Waals surface area contributed by atoms with Gasteiger partial charge < -0.3 is 75.1 Å². The van der Waals surface area contributed by atoms with E-state index in [1.165, 1.54) is 0 Å². The van der Waals surface area contributed by atoms with Crippen LogP contribution in [-0.4, -0.2) is 56.2 Å². The quantitative estimate of drug-likeness (QED) is 0.100. The van der Waals surface area contributed by atoms with Gasteiger partial charge in [0.25, 0.3) is 0 Å². The van der Waals surface area contributed by atoms with E-state index in [9.17, 15) is 56.2 Å². The van der Waals surface area contributed by atoms with Gasteiger partial charge >= 0.3 is 0 Å². The lowest BCUT2D eigenvalue weighted by atomic mass is 10.2. The maximum absolute atomic E-state index is 10.6. The molecule has 0 atom stereocenters. The fourth-order valence-electron chi connectivity index (χ4n) is 4.01. The van der Waals surface area contributed by atoms with Crippen LogP contribution in [-0.2, 0) is 0 Å². The highest BCUT2D eigenvalue weighted by atomic mass is 16.6. The number of ether oxygens (including phenoxy) is 4. The molecule has 0 saturated carbocycles. The van der Waals surface area contributed by atoms with Crippen molar-refractivity contribution in [3.63, 3.8) is 0 Å². The summed E-state index contributed by atoms with van der Waals surface area (Å²) in [5.74, 6) is -10.4. The van der Waals surface area contributed by atoms with E-state index >= 15 is 0 Å². The van der Waals surface area contributed by atoms with Gasteiger partial charge in [-0.3, -0.25) is 0 Å². The zero-order valence-electron chi connectivity index (χ0n) is 22.4. The number of phenols is 11. The molecule has 5 aromatic rings. The van der Waals surface area contributed by atoms with Gasteiger partial charge in [0, 0.05) is 66.7 Å². The molecule has 15 nitrogen and oxygen atoms in total. The van der Waals surface area contributed by atoms with Gasteiger partial charge in [-0.1, -0.05) is 0 Å². The van der Waals surface area contributed by atoms with Gasteiger partial charge in [-0.15, -0.1) is 0 Å².